The van der Waals surface area contributed by atoms with Crippen LogP contribution in [0.15, 0.2) is 42.5 Å². The number of halogens is 3. The molecule has 0 unspecified atom stereocenters. The topological polar surface area (TPSA) is 0 Å². The Balaban J connectivity index is 2.55. The molecule has 0 spiro atoms. The Morgan fingerprint density at radius 2 is 1.60 bits per heavy atom. The van der Waals surface area contributed by atoms with Gasteiger partial charge < -0.3 is 0 Å². The molecule has 0 saturated heterocycles. The highest BCUT2D eigenvalue weighted by atomic mass is 35.5. The van der Waals surface area contributed by atoms with Gasteiger partial charge in [0.25, 0.3) is 0 Å². The van der Waals surface area contributed by atoms with Gasteiger partial charge in [-0.25, -0.2) is 8.78 Å². The third-order valence-electron chi connectivity index (χ3n) is 2.10. The number of rotatable bonds is 1. The summed E-state index contributed by atoms with van der Waals surface area (Å²) in [7, 11) is 0. The fourth-order valence-corrected chi connectivity index (χ4v) is 1.54. The van der Waals surface area contributed by atoms with Crippen LogP contribution in [0.25, 0.3) is 11.1 Å². The van der Waals surface area contributed by atoms with Crippen LogP contribution in [-0.4, -0.2) is 0 Å². The Morgan fingerprint density at radius 1 is 0.867 bits per heavy atom. The van der Waals surface area contributed by atoms with Gasteiger partial charge in [0.1, 0.15) is 11.6 Å². The van der Waals surface area contributed by atoms with Gasteiger partial charge in [-0.2, -0.15) is 0 Å². The molecular weight excluding hydrogens is 218 g/mol. The van der Waals surface area contributed by atoms with Crippen molar-refractivity contribution in [3.05, 3.63) is 59.1 Å². The summed E-state index contributed by atoms with van der Waals surface area (Å²) in [5.41, 5.74) is 0.985. The molecule has 0 aliphatic rings. The molecule has 0 aliphatic heterocycles. The Labute approximate surface area is 91.1 Å². The van der Waals surface area contributed by atoms with E-state index in [1.54, 1.807) is 18.2 Å². The van der Waals surface area contributed by atoms with E-state index in [1.807, 2.05) is 0 Å². The lowest BCUT2D eigenvalue weighted by Gasteiger charge is -2.03. The van der Waals surface area contributed by atoms with Crippen molar-refractivity contribution in [3.8, 4) is 11.1 Å². The Hall–Kier alpha value is -1.41. The molecule has 0 radical (unpaired) electrons. The largest absolute Gasteiger partial charge is 0.206 e. The highest BCUT2D eigenvalue weighted by Crippen LogP contribution is 2.26. The Morgan fingerprint density at radius 3 is 2.27 bits per heavy atom. The van der Waals surface area contributed by atoms with Gasteiger partial charge in [-0.3, -0.25) is 0 Å². The van der Waals surface area contributed by atoms with E-state index in [0.29, 0.717) is 11.1 Å². The first-order valence-corrected chi connectivity index (χ1v) is 4.76. The summed E-state index contributed by atoms with van der Waals surface area (Å²) in [4.78, 5) is 0. The van der Waals surface area contributed by atoms with Crippen LogP contribution in [0.4, 0.5) is 8.78 Å². The summed E-state index contributed by atoms with van der Waals surface area (Å²) in [5, 5.41) is -0.00393. The maximum atomic E-state index is 13.4. The predicted octanol–water partition coefficient (Wildman–Crippen LogP) is 4.29. The van der Waals surface area contributed by atoms with E-state index in [4.69, 9.17) is 11.6 Å². The lowest BCUT2D eigenvalue weighted by molar-refractivity contribution is 0.626. The van der Waals surface area contributed by atoms with Crippen LogP contribution < -0.4 is 0 Å². The SMILES string of the molecule is Fc1ccc(-c2ccccc2F)cc1Cl. The molecule has 2 aromatic rings. The van der Waals surface area contributed by atoms with Crippen LogP contribution in [0.5, 0.6) is 0 Å². The first-order chi connectivity index (χ1) is 7.18. The van der Waals surface area contributed by atoms with Crippen molar-refractivity contribution in [3.63, 3.8) is 0 Å². The van der Waals surface area contributed by atoms with Crippen LogP contribution in [-0.2, 0) is 0 Å². The summed E-state index contributed by atoms with van der Waals surface area (Å²) in [5.74, 6) is -0.850. The molecule has 0 nitrogen and oxygen atoms in total. The van der Waals surface area contributed by atoms with Crippen molar-refractivity contribution in [1.82, 2.24) is 0 Å². The quantitative estimate of drug-likeness (QED) is 0.678. The van der Waals surface area contributed by atoms with Gasteiger partial charge in [0.2, 0.25) is 0 Å². The van der Waals surface area contributed by atoms with Gasteiger partial charge in [-0.15, -0.1) is 0 Å². The zero-order valence-corrected chi connectivity index (χ0v) is 8.43. The molecule has 0 heterocycles. The molecule has 3 heteroatoms. The lowest BCUT2D eigenvalue weighted by Crippen LogP contribution is -1.84. The summed E-state index contributed by atoms with van der Waals surface area (Å²) in [6.45, 7) is 0. The highest BCUT2D eigenvalue weighted by Gasteiger charge is 2.06. The van der Waals surface area contributed by atoms with Gasteiger partial charge in [-0.1, -0.05) is 35.9 Å². The van der Waals surface area contributed by atoms with Crippen LogP contribution in [0.1, 0.15) is 0 Å². The normalized spacial score (nSPS) is 10.3. The second kappa shape index (κ2) is 3.99. The molecule has 2 rings (SSSR count). The van der Waals surface area contributed by atoms with Gasteiger partial charge in [0, 0.05) is 5.56 Å². The van der Waals surface area contributed by atoms with Crippen molar-refractivity contribution in [2.75, 3.05) is 0 Å². The van der Waals surface area contributed by atoms with Gasteiger partial charge in [-0.05, 0) is 23.8 Å². The van der Waals surface area contributed by atoms with Gasteiger partial charge >= 0.3 is 0 Å². The van der Waals surface area contributed by atoms with E-state index >= 15 is 0 Å². The summed E-state index contributed by atoms with van der Waals surface area (Å²) in [6.07, 6.45) is 0. The van der Waals surface area contributed by atoms with E-state index in [-0.39, 0.29) is 10.8 Å². The molecule has 0 bridgehead atoms. The zero-order valence-electron chi connectivity index (χ0n) is 7.68. The third kappa shape index (κ3) is 2.00. The van der Waals surface area contributed by atoms with E-state index in [9.17, 15) is 8.78 Å². The summed E-state index contributed by atoms with van der Waals surface area (Å²) >= 11 is 5.62. The van der Waals surface area contributed by atoms with Gasteiger partial charge in [0.05, 0.1) is 5.02 Å². The molecule has 0 amide bonds. The first kappa shape index (κ1) is 10.1. The lowest BCUT2D eigenvalue weighted by atomic mass is 10.1. The van der Waals surface area contributed by atoms with Crippen LogP contribution in [0.3, 0.4) is 0 Å². The average molecular weight is 225 g/mol. The zero-order chi connectivity index (χ0) is 10.8. The number of benzene rings is 2. The number of hydrogen-bond acceptors (Lipinski definition) is 0. The molecule has 0 N–H and O–H groups in total. The van der Waals surface area contributed by atoms with Crippen molar-refractivity contribution in [1.29, 1.82) is 0 Å². The summed E-state index contributed by atoms with van der Waals surface area (Å²) < 4.78 is 26.3. The van der Waals surface area contributed by atoms with E-state index < -0.39 is 5.82 Å². The van der Waals surface area contributed by atoms with E-state index in [0.717, 1.165) is 0 Å². The fraction of sp³-hybridized carbons (Fsp3) is 0. The van der Waals surface area contributed by atoms with E-state index in [2.05, 4.69) is 0 Å². The molecule has 0 fully saturated rings. The van der Waals surface area contributed by atoms with Crippen molar-refractivity contribution in [2.45, 2.75) is 0 Å². The smallest absolute Gasteiger partial charge is 0.141 e. The van der Waals surface area contributed by atoms with Crippen LogP contribution >= 0.6 is 11.6 Å². The molecular formula is C12H7ClF2. The molecule has 0 aliphatic carbocycles. The minimum atomic E-state index is -0.503. The maximum absolute atomic E-state index is 13.4. The maximum Gasteiger partial charge on any atom is 0.141 e. The van der Waals surface area contributed by atoms with Crippen molar-refractivity contribution < 1.29 is 8.78 Å². The van der Waals surface area contributed by atoms with Gasteiger partial charge in [0.15, 0.2) is 0 Å². The van der Waals surface area contributed by atoms with Crippen molar-refractivity contribution >= 4 is 11.6 Å². The molecule has 0 saturated carbocycles. The second-order valence-electron chi connectivity index (χ2n) is 3.11. The Kier molecular flexibility index (Phi) is 2.69. The molecule has 0 aromatic heterocycles. The standard InChI is InChI=1S/C12H7ClF2/c13-10-7-8(5-6-12(10)15)9-3-1-2-4-11(9)14/h1-7H. The second-order valence-corrected chi connectivity index (χ2v) is 3.52. The Bertz CT molecular complexity index is 495. The van der Waals surface area contributed by atoms with E-state index in [1.165, 1.54) is 24.3 Å². The summed E-state index contributed by atoms with van der Waals surface area (Å²) in [6, 6.07) is 10.4. The minimum Gasteiger partial charge on any atom is -0.206 e. The number of hydrogen-bond donors (Lipinski definition) is 0. The highest BCUT2D eigenvalue weighted by molar-refractivity contribution is 6.31. The molecule has 0 atom stereocenters. The monoisotopic (exact) mass is 224 g/mol. The van der Waals surface area contributed by atoms with Crippen LogP contribution in [0.2, 0.25) is 5.02 Å². The average Bonchev–Trinajstić information content (AvgIpc) is 2.23. The molecule has 15 heavy (non-hydrogen) atoms. The van der Waals surface area contributed by atoms with Crippen molar-refractivity contribution in [2.24, 2.45) is 0 Å². The van der Waals surface area contributed by atoms with Crippen LogP contribution in [0, 0.1) is 11.6 Å². The molecule has 2 aromatic carbocycles. The predicted molar refractivity (Wildman–Crippen MR) is 56.8 cm³/mol. The molecule has 76 valence electrons. The minimum absolute atomic E-state index is 0.00393. The first-order valence-electron chi connectivity index (χ1n) is 4.38. The fourth-order valence-electron chi connectivity index (χ4n) is 1.36. The third-order valence-corrected chi connectivity index (χ3v) is 2.39.